The van der Waals surface area contributed by atoms with Crippen LogP contribution in [0.2, 0.25) is 5.02 Å². The van der Waals surface area contributed by atoms with Crippen molar-refractivity contribution in [2.24, 2.45) is 0 Å². The van der Waals surface area contributed by atoms with E-state index in [0.717, 1.165) is 54.7 Å². The second-order valence-corrected chi connectivity index (χ2v) is 7.18. The molecule has 2 aromatic carbocycles. The van der Waals surface area contributed by atoms with Crippen LogP contribution in [0.25, 0.3) is 11.4 Å². The quantitative estimate of drug-likeness (QED) is 0.620. The van der Waals surface area contributed by atoms with Gasteiger partial charge in [-0.1, -0.05) is 47.1 Å². The number of nitrogens with zero attached hydrogens (tertiary/aromatic N) is 3. The van der Waals surface area contributed by atoms with E-state index in [4.69, 9.17) is 20.9 Å². The van der Waals surface area contributed by atoms with Crippen molar-refractivity contribution in [3.63, 3.8) is 0 Å². The Bertz CT molecular complexity index is 843. The lowest BCUT2D eigenvalue weighted by atomic mass is 9.97. The first-order valence-electron chi connectivity index (χ1n) is 9.28. The van der Waals surface area contributed by atoms with Crippen LogP contribution < -0.4 is 4.74 Å². The molecule has 0 N–H and O–H groups in total. The Labute approximate surface area is 163 Å². The predicted octanol–water partition coefficient (Wildman–Crippen LogP) is 4.65. The Morgan fingerprint density at radius 2 is 1.78 bits per heavy atom. The van der Waals surface area contributed by atoms with Crippen LogP contribution >= 0.6 is 11.6 Å². The van der Waals surface area contributed by atoms with E-state index in [0.29, 0.717) is 18.3 Å². The summed E-state index contributed by atoms with van der Waals surface area (Å²) in [4.78, 5) is 7.02. The molecule has 1 aliphatic heterocycles. The highest BCUT2D eigenvalue weighted by Gasteiger charge is 2.25. The Kier molecular flexibility index (Phi) is 5.70. The van der Waals surface area contributed by atoms with Crippen LogP contribution in [0.5, 0.6) is 5.75 Å². The number of hydrogen-bond donors (Lipinski definition) is 0. The highest BCUT2D eigenvalue weighted by Crippen LogP contribution is 2.28. The van der Waals surface area contributed by atoms with Crippen molar-refractivity contribution in [3.05, 3.63) is 65.5 Å². The molecule has 27 heavy (non-hydrogen) atoms. The zero-order valence-electron chi connectivity index (χ0n) is 15.1. The van der Waals surface area contributed by atoms with Gasteiger partial charge in [0.15, 0.2) is 0 Å². The number of likely N-dealkylation sites (tertiary alicyclic amines) is 1. The van der Waals surface area contributed by atoms with Gasteiger partial charge in [0.05, 0.1) is 0 Å². The molecule has 0 spiro atoms. The van der Waals surface area contributed by atoms with E-state index < -0.39 is 0 Å². The lowest BCUT2D eigenvalue weighted by Gasteiger charge is -2.30. The van der Waals surface area contributed by atoms with Crippen LogP contribution in [0.1, 0.15) is 24.7 Å². The van der Waals surface area contributed by atoms with E-state index in [2.05, 4.69) is 15.0 Å². The van der Waals surface area contributed by atoms with Crippen LogP contribution in [0.15, 0.2) is 59.1 Å². The Balaban J connectivity index is 1.24. The first-order chi connectivity index (χ1) is 13.3. The third-order valence-corrected chi connectivity index (χ3v) is 5.15. The maximum Gasteiger partial charge on any atom is 0.230 e. The van der Waals surface area contributed by atoms with Gasteiger partial charge in [-0.15, -0.1) is 0 Å². The Hall–Kier alpha value is -2.37. The minimum absolute atomic E-state index is 0.336. The lowest BCUT2D eigenvalue weighted by molar-refractivity contribution is 0.163. The van der Waals surface area contributed by atoms with E-state index in [1.807, 2.05) is 54.6 Å². The number of rotatable bonds is 6. The molecule has 1 saturated heterocycles. The molecule has 1 fully saturated rings. The summed E-state index contributed by atoms with van der Waals surface area (Å²) in [6.07, 6.45) is 2.05. The summed E-state index contributed by atoms with van der Waals surface area (Å²) in [6.45, 7) is 3.61. The summed E-state index contributed by atoms with van der Waals surface area (Å²) in [6, 6.07) is 17.4. The molecule has 6 heteroatoms. The van der Waals surface area contributed by atoms with Gasteiger partial charge >= 0.3 is 0 Å². The third-order valence-electron chi connectivity index (χ3n) is 4.90. The monoisotopic (exact) mass is 383 g/mol. The largest absolute Gasteiger partial charge is 0.492 e. The molecular formula is C21H22ClN3O2. The van der Waals surface area contributed by atoms with Gasteiger partial charge in [0.25, 0.3) is 0 Å². The van der Waals surface area contributed by atoms with Crippen molar-refractivity contribution in [2.75, 3.05) is 26.2 Å². The van der Waals surface area contributed by atoms with E-state index in [1.165, 1.54) is 0 Å². The molecule has 0 aliphatic carbocycles. The van der Waals surface area contributed by atoms with Crippen molar-refractivity contribution < 1.29 is 9.26 Å². The fourth-order valence-electron chi connectivity index (χ4n) is 3.33. The summed E-state index contributed by atoms with van der Waals surface area (Å²) in [5, 5.41) is 4.86. The standard InChI is InChI=1S/C21H22ClN3O2/c22-18-6-8-19(9-7-18)26-15-14-25-12-10-17(11-13-25)21-23-20(24-27-21)16-4-2-1-3-5-16/h1-9,17H,10-15H2. The maximum absolute atomic E-state index is 5.89. The van der Waals surface area contributed by atoms with Crippen LogP contribution in [-0.4, -0.2) is 41.3 Å². The summed E-state index contributed by atoms with van der Waals surface area (Å²) in [7, 11) is 0. The average Bonchev–Trinajstić information content (AvgIpc) is 3.21. The van der Waals surface area contributed by atoms with Gasteiger partial charge in [-0.3, -0.25) is 4.90 Å². The smallest absolute Gasteiger partial charge is 0.230 e. The molecule has 0 bridgehead atoms. The van der Waals surface area contributed by atoms with Gasteiger partial charge < -0.3 is 9.26 Å². The van der Waals surface area contributed by atoms with Crippen molar-refractivity contribution >= 4 is 11.6 Å². The molecule has 3 aromatic rings. The number of halogens is 1. The molecule has 0 radical (unpaired) electrons. The van der Waals surface area contributed by atoms with Crippen molar-refractivity contribution in [3.8, 4) is 17.1 Å². The zero-order valence-corrected chi connectivity index (χ0v) is 15.8. The molecular weight excluding hydrogens is 362 g/mol. The molecule has 0 saturated carbocycles. The van der Waals surface area contributed by atoms with Gasteiger partial charge in [-0.05, 0) is 50.2 Å². The molecule has 140 valence electrons. The summed E-state index contributed by atoms with van der Waals surface area (Å²) >= 11 is 5.89. The van der Waals surface area contributed by atoms with Gasteiger partial charge in [0.2, 0.25) is 11.7 Å². The van der Waals surface area contributed by atoms with Crippen molar-refractivity contribution in [1.29, 1.82) is 0 Å². The van der Waals surface area contributed by atoms with Crippen LogP contribution in [0.4, 0.5) is 0 Å². The van der Waals surface area contributed by atoms with Gasteiger partial charge in [0.1, 0.15) is 12.4 Å². The third kappa shape index (κ3) is 4.67. The summed E-state index contributed by atoms with van der Waals surface area (Å²) < 4.78 is 11.3. The summed E-state index contributed by atoms with van der Waals surface area (Å²) in [5.74, 6) is 2.62. The molecule has 0 unspecified atom stereocenters. The molecule has 0 amide bonds. The summed E-state index contributed by atoms with van der Waals surface area (Å²) in [5.41, 5.74) is 0.990. The number of benzene rings is 2. The number of aromatic nitrogens is 2. The lowest BCUT2D eigenvalue weighted by Crippen LogP contribution is -2.35. The van der Waals surface area contributed by atoms with Gasteiger partial charge in [-0.2, -0.15) is 4.98 Å². The predicted molar refractivity (Wildman–Crippen MR) is 105 cm³/mol. The fourth-order valence-corrected chi connectivity index (χ4v) is 3.46. The van der Waals surface area contributed by atoms with Crippen LogP contribution in [-0.2, 0) is 0 Å². The number of ether oxygens (including phenoxy) is 1. The Morgan fingerprint density at radius 1 is 1.04 bits per heavy atom. The van der Waals surface area contributed by atoms with Gasteiger partial charge in [-0.25, -0.2) is 0 Å². The topological polar surface area (TPSA) is 51.4 Å². The number of piperidine rings is 1. The fraction of sp³-hybridized carbons (Fsp3) is 0.333. The molecule has 4 rings (SSSR count). The van der Waals surface area contributed by atoms with E-state index in [-0.39, 0.29) is 0 Å². The van der Waals surface area contributed by atoms with E-state index in [9.17, 15) is 0 Å². The van der Waals surface area contributed by atoms with Gasteiger partial charge in [0, 0.05) is 23.0 Å². The Morgan fingerprint density at radius 3 is 2.52 bits per heavy atom. The highest BCUT2D eigenvalue weighted by atomic mass is 35.5. The van der Waals surface area contributed by atoms with Crippen LogP contribution in [0, 0.1) is 0 Å². The first-order valence-corrected chi connectivity index (χ1v) is 9.65. The normalized spacial score (nSPS) is 15.7. The minimum Gasteiger partial charge on any atom is -0.492 e. The second-order valence-electron chi connectivity index (χ2n) is 6.74. The van der Waals surface area contributed by atoms with Crippen molar-refractivity contribution in [2.45, 2.75) is 18.8 Å². The molecule has 0 atom stereocenters. The molecule has 2 heterocycles. The molecule has 1 aromatic heterocycles. The van der Waals surface area contributed by atoms with Crippen molar-refractivity contribution in [1.82, 2.24) is 15.0 Å². The second kappa shape index (κ2) is 8.55. The maximum atomic E-state index is 5.89. The average molecular weight is 384 g/mol. The zero-order chi connectivity index (χ0) is 18.5. The first kappa shape index (κ1) is 18.0. The SMILES string of the molecule is Clc1ccc(OCCN2CCC(c3nc(-c4ccccc4)no3)CC2)cc1. The highest BCUT2D eigenvalue weighted by molar-refractivity contribution is 6.30. The minimum atomic E-state index is 0.336. The number of hydrogen-bond acceptors (Lipinski definition) is 5. The molecule has 1 aliphatic rings. The van der Waals surface area contributed by atoms with E-state index >= 15 is 0 Å². The molecule has 5 nitrogen and oxygen atoms in total. The van der Waals surface area contributed by atoms with E-state index in [1.54, 1.807) is 0 Å². The van der Waals surface area contributed by atoms with Crippen LogP contribution in [0.3, 0.4) is 0 Å².